The number of nitrogen functional groups attached to an aromatic ring is 1. The molecule has 0 aromatic carbocycles. The SMILES string of the molecule is CCn1cc(N)cc1C(=O)OCCn1ccnc1C. The standard InChI is InChI=1S/C13H18N4O2/c1-3-16-9-11(14)8-12(16)13(18)19-7-6-17-5-4-15-10(17)2/h4-5,8-9H,3,6-7,14H2,1-2H3. The number of esters is 1. The number of nitrogens with two attached hydrogens (primary N) is 1. The van der Waals surface area contributed by atoms with Gasteiger partial charge >= 0.3 is 5.97 Å². The van der Waals surface area contributed by atoms with Crippen LogP contribution in [0.1, 0.15) is 23.2 Å². The molecule has 19 heavy (non-hydrogen) atoms. The number of hydrogen-bond acceptors (Lipinski definition) is 4. The van der Waals surface area contributed by atoms with E-state index in [-0.39, 0.29) is 5.97 Å². The summed E-state index contributed by atoms with van der Waals surface area (Å²) in [5.41, 5.74) is 6.73. The number of carbonyl (C=O) groups excluding carboxylic acids is 1. The van der Waals surface area contributed by atoms with Gasteiger partial charge in [0.05, 0.1) is 12.2 Å². The predicted octanol–water partition coefficient (Wildman–Crippen LogP) is 1.45. The fraction of sp³-hybridized carbons (Fsp3) is 0.385. The molecule has 6 nitrogen and oxygen atoms in total. The summed E-state index contributed by atoms with van der Waals surface area (Å²) in [5, 5.41) is 0. The number of aryl methyl sites for hydroxylation is 2. The predicted molar refractivity (Wildman–Crippen MR) is 71.8 cm³/mol. The normalized spacial score (nSPS) is 10.6. The zero-order valence-corrected chi connectivity index (χ0v) is 11.2. The zero-order valence-electron chi connectivity index (χ0n) is 11.2. The van der Waals surface area contributed by atoms with E-state index in [1.54, 1.807) is 23.0 Å². The zero-order chi connectivity index (χ0) is 13.8. The molecule has 102 valence electrons. The first-order valence-electron chi connectivity index (χ1n) is 6.22. The third-order valence-corrected chi connectivity index (χ3v) is 2.96. The molecule has 0 atom stereocenters. The van der Waals surface area contributed by atoms with E-state index >= 15 is 0 Å². The van der Waals surface area contributed by atoms with Gasteiger partial charge in [-0.3, -0.25) is 0 Å². The highest BCUT2D eigenvalue weighted by Crippen LogP contribution is 2.11. The first kappa shape index (κ1) is 13.2. The largest absolute Gasteiger partial charge is 0.459 e. The van der Waals surface area contributed by atoms with Gasteiger partial charge in [-0.25, -0.2) is 9.78 Å². The number of ether oxygens (including phenoxy) is 1. The smallest absolute Gasteiger partial charge is 0.355 e. The van der Waals surface area contributed by atoms with Crippen LogP contribution in [-0.2, 0) is 17.8 Å². The second-order valence-electron chi connectivity index (χ2n) is 4.25. The van der Waals surface area contributed by atoms with Crippen LogP contribution < -0.4 is 5.73 Å². The highest BCUT2D eigenvalue weighted by Gasteiger charge is 2.13. The third-order valence-electron chi connectivity index (χ3n) is 2.96. The van der Waals surface area contributed by atoms with Crippen molar-refractivity contribution >= 4 is 11.7 Å². The number of hydrogen-bond donors (Lipinski definition) is 1. The first-order valence-corrected chi connectivity index (χ1v) is 6.22. The molecule has 0 radical (unpaired) electrons. The van der Waals surface area contributed by atoms with Gasteiger partial charge in [-0.1, -0.05) is 0 Å². The topological polar surface area (TPSA) is 75.1 Å². The van der Waals surface area contributed by atoms with Crippen LogP contribution >= 0.6 is 0 Å². The molecule has 0 amide bonds. The summed E-state index contributed by atoms with van der Waals surface area (Å²) in [4.78, 5) is 16.0. The molecule has 2 aromatic heterocycles. The molecule has 0 spiro atoms. The molecule has 0 aliphatic carbocycles. The van der Waals surface area contributed by atoms with Crippen molar-refractivity contribution in [3.8, 4) is 0 Å². The van der Waals surface area contributed by atoms with Crippen LogP contribution in [0.2, 0.25) is 0 Å². The molecule has 0 aliphatic rings. The fourth-order valence-electron chi connectivity index (χ4n) is 1.92. The maximum absolute atomic E-state index is 11.9. The van der Waals surface area contributed by atoms with E-state index in [0.29, 0.717) is 31.1 Å². The molecule has 0 bridgehead atoms. The van der Waals surface area contributed by atoms with E-state index in [2.05, 4.69) is 4.98 Å². The minimum Gasteiger partial charge on any atom is -0.459 e. The number of nitrogens with zero attached hydrogens (tertiary/aromatic N) is 3. The lowest BCUT2D eigenvalue weighted by Crippen LogP contribution is -2.15. The molecule has 0 saturated heterocycles. The Morgan fingerprint density at radius 1 is 1.47 bits per heavy atom. The summed E-state index contributed by atoms with van der Waals surface area (Å²) < 4.78 is 8.96. The highest BCUT2D eigenvalue weighted by molar-refractivity contribution is 5.89. The summed E-state index contributed by atoms with van der Waals surface area (Å²) in [5.74, 6) is 0.550. The van der Waals surface area contributed by atoms with Gasteiger partial charge in [-0.15, -0.1) is 0 Å². The Hall–Kier alpha value is -2.24. The molecular formula is C13H18N4O2. The average Bonchev–Trinajstić information content (AvgIpc) is 2.95. The lowest BCUT2D eigenvalue weighted by atomic mass is 10.4. The molecule has 0 fully saturated rings. The minimum absolute atomic E-state index is 0.310. The molecule has 2 heterocycles. The van der Waals surface area contributed by atoms with Crippen LogP contribution in [0.15, 0.2) is 24.7 Å². The van der Waals surface area contributed by atoms with Gasteiger partial charge in [0.1, 0.15) is 18.1 Å². The van der Waals surface area contributed by atoms with Gasteiger partial charge < -0.3 is 19.6 Å². The summed E-state index contributed by atoms with van der Waals surface area (Å²) in [6.45, 7) is 5.45. The monoisotopic (exact) mass is 262 g/mol. The molecule has 0 saturated carbocycles. The Kier molecular flexibility index (Phi) is 3.89. The van der Waals surface area contributed by atoms with Gasteiger partial charge in [0.2, 0.25) is 0 Å². The number of imidazole rings is 1. The summed E-state index contributed by atoms with van der Waals surface area (Å²) in [6, 6.07) is 1.63. The van der Waals surface area contributed by atoms with Gasteiger partial charge in [-0.05, 0) is 19.9 Å². The van der Waals surface area contributed by atoms with Crippen molar-refractivity contribution in [3.05, 3.63) is 36.2 Å². The van der Waals surface area contributed by atoms with Crippen molar-refractivity contribution in [3.63, 3.8) is 0 Å². The number of carbonyl (C=O) groups is 1. The lowest BCUT2D eigenvalue weighted by Gasteiger charge is -2.08. The van der Waals surface area contributed by atoms with E-state index in [4.69, 9.17) is 10.5 Å². The van der Waals surface area contributed by atoms with Crippen LogP contribution in [0, 0.1) is 6.92 Å². The Morgan fingerprint density at radius 3 is 2.89 bits per heavy atom. The van der Waals surface area contributed by atoms with E-state index in [1.165, 1.54) is 0 Å². The molecule has 6 heteroatoms. The van der Waals surface area contributed by atoms with Crippen molar-refractivity contribution < 1.29 is 9.53 Å². The van der Waals surface area contributed by atoms with Crippen molar-refractivity contribution in [2.75, 3.05) is 12.3 Å². The second kappa shape index (κ2) is 5.60. The quantitative estimate of drug-likeness (QED) is 0.828. The average molecular weight is 262 g/mol. The van der Waals surface area contributed by atoms with E-state index < -0.39 is 0 Å². The van der Waals surface area contributed by atoms with E-state index in [9.17, 15) is 4.79 Å². The third kappa shape index (κ3) is 2.96. The maximum atomic E-state index is 11.9. The molecule has 2 N–H and O–H groups in total. The Bertz CT molecular complexity index is 571. The number of aromatic nitrogens is 3. The Morgan fingerprint density at radius 2 is 2.26 bits per heavy atom. The van der Waals surface area contributed by atoms with E-state index in [1.807, 2.05) is 24.6 Å². The van der Waals surface area contributed by atoms with Crippen LogP contribution in [-0.4, -0.2) is 26.7 Å². The van der Waals surface area contributed by atoms with Gasteiger partial charge in [0.15, 0.2) is 0 Å². The highest BCUT2D eigenvalue weighted by atomic mass is 16.5. The molecule has 2 rings (SSSR count). The summed E-state index contributed by atoms with van der Waals surface area (Å²) >= 11 is 0. The summed E-state index contributed by atoms with van der Waals surface area (Å²) in [6.07, 6.45) is 5.31. The second-order valence-corrected chi connectivity index (χ2v) is 4.25. The Labute approximate surface area is 111 Å². The van der Waals surface area contributed by atoms with Crippen molar-refractivity contribution in [2.24, 2.45) is 0 Å². The van der Waals surface area contributed by atoms with Crippen LogP contribution in [0.4, 0.5) is 5.69 Å². The first-order chi connectivity index (χ1) is 9.11. The summed E-state index contributed by atoms with van der Waals surface area (Å²) in [7, 11) is 0. The number of rotatable bonds is 5. The Balaban J connectivity index is 1.92. The van der Waals surface area contributed by atoms with Crippen LogP contribution in [0.3, 0.4) is 0 Å². The van der Waals surface area contributed by atoms with Crippen LogP contribution in [0.5, 0.6) is 0 Å². The van der Waals surface area contributed by atoms with Crippen LogP contribution in [0.25, 0.3) is 0 Å². The molecule has 0 aliphatic heterocycles. The lowest BCUT2D eigenvalue weighted by molar-refractivity contribution is 0.0478. The van der Waals surface area contributed by atoms with Crippen molar-refractivity contribution in [1.82, 2.24) is 14.1 Å². The van der Waals surface area contributed by atoms with Gasteiger partial charge in [-0.2, -0.15) is 0 Å². The molecular weight excluding hydrogens is 244 g/mol. The van der Waals surface area contributed by atoms with Gasteiger partial charge in [0.25, 0.3) is 0 Å². The molecule has 0 unspecified atom stereocenters. The minimum atomic E-state index is -0.351. The van der Waals surface area contributed by atoms with Gasteiger partial charge in [0, 0.05) is 25.1 Å². The molecule has 2 aromatic rings. The maximum Gasteiger partial charge on any atom is 0.355 e. The van der Waals surface area contributed by atoms with Crippen molar-refractivity contribution in [2.45, 2.75) is 26.9 Å². The fourth-order valence-corrected chi connectivity index (χ4v) is 1.92. The number of anilines is 1. The van der Waals surface area contributed by atoms with Crippen molar-refractivity contribution in [1.29, 1.82) is 0 Å². The van der Waals surface area contributed by atoms with E-state index in [0.717, 1.165) is 5.82 Å².